The molecule has 1 fully saturated rings. The van der Waals surface area contributed by atoms with Crippen LogP contribution in [0.3, 0.4) is 0 Å². The van der Waals surface area contributed by atoms with Crippen LogP contribution in [-0.2, 0) is 0 Å². The third kappa shape index (κ3) is 4.00. The first-order chi connectivity index (χ1) is 16.4. The number of carbonyl (C=O) groups is 1. The minimum Gasteiger partial charge on any atom is -0.434 e. The number of ether oxygens (including phenoxy) is 1. The molecule has 1 saturated heterocycles. The van der Waals surface area contributed by atoms with E-state index in [1.807, 2.05) is 0 Å². The van der Waals surface area contributed by atoms with Gasteiger partial charge < -0.3 is 9.64 Å². The number of likely N-dealkylation sites (tertiary alicyclic amines) is 1. The fourth-order valence-electron chi connectivity index (χ4n) is 4.03. The molecule has 9 heteroatoms. The molecule has 1 amide bonds. The molecule has 2 aromatic heterocycles. The molecule has 4 aromatic rings. The van der Waals surface area contributed by atoms with Crippen LogP contribution in [0.2, 0.25) is 0 Å². The normalized spacial score (nSPS) is 13.4. The molecule has 0 saturated carbocycles. The van der Waals surface area contributed by atoms with Crippen LogP contribution < -0.4 is 10.2 Å². The average molecular weight is 465 g/mol. The topological polar surface area (TPSA) is 63.9 Å². The fourth-order valence-corrected chi connectivity index (χ4v) is 4.03. The highest BCUT2D eigenvalue weighted by molar-refractivity contribution is 5.96. The second kappa shape index (κ2) is 8.66. The minimum absolute atomic E-state index is 0.0202. The van der Waals surface area contributed by atoms with Gasteiger partial charge in [-0.2, -0.15) is 0 Å². The van der Waals surface area contributed by atoms with Crippen molar-refractivity contribution in [3.63, 3.8) is 0 Å². The molecule has 34 heavy (non-hydrogen) atoms. The monoisotopic (exact) mass is 465 g/mol. The van der Waals surface area contributed by atoms with Gasteiger partial charge in [-0.3, -0.25) is 9.59 Å². The summed E-state index contributed by atoms with van der Waals surface area (Å²) in [6, 6.07) is 10.9. The number of hydrogen-bond donors (Lipinski definition) is 0. The van der Waals surface area contributed by atoms with Crippen molar-refractivity contribution in [1.82, 2.24) is 14.5 Å². The molecule has 172 valence electrons. The van der Waals surface area contributed by atoms with Crippen molar-refractivity contribution in [3.8, 4) is 22.8 Å². The molecular weight excluding hydrogens is 447 g/mol. The van der Waals surface area contributed by atoms with Crippen LogP contribution in [0.4, 0.5) is 13.2 Å². The van der Waals surface area contributed by atoms with Gasteiger partial charge in [-0.15, -0.1) is 5.10 Å². The Morgan fingerprint density at radius 1 is 0.912 bits per heavy atom. The fraction of sp³-hybridized carbons (Fsp3) is 0.160. The predicted molar refractivity (Wildman–Crippen MR) is 118 cm³/mol. The summed E-state index contributed by atoms with van der Waals surface area (Å²) in [6.45, 7) is 1.29. The lowest BCUT2D eigenvalue weighted by Gasteiger charge is -2.16. The Balaban J connectivity index is 1.56. The highest BCUT2D eigenvalue weighted by atomic mass is 19.1. The third-order valence-electron chi connectivity index (χ3n) is 5.69. The van der Waals surface area contributed by atoms with Crippen LogP contribution in [0.25, 0.3) is 16.6 Å². The van der Waals surface area contributed by atoms with Gasteiger partial charge in [0.1, 0.15) is 11.6 Å². The Hall–Kier alpha value is -4.14. The molecule has 0 spiro atoms. The van der Waals surface area contributed by atoms with E-state index in [1.165, 1.54) is 47.1 Å². The number of hydrogen-bond acceptors (Lipinski definition) is 4. The average Bonchev–Trinajstić information content (AvgIpc) is 3.36. The molecule has 1 aliphatic heterocycles. The Morgan fingerprint density at radius 2 is 1.71 bits per heavy atom. The van der Waals surface area contributed by atoms with Gasteiger partial charge in [-0.05, 0) is 49.2 Å². The Kier molecular flexibility index (Phi) is 5.53. The van der Waals surface area contributed by atoms with Crippen LogP contribution in [0.5, 0.6) is 11.6 Å². The number of pyridine rings is 1. The van der Waals surface area contributed by atoms with Crippen molar-refractivity contribution in [2.24, 2.45) is 0 Å². The third-order valence-corrected chi connectivity index (χ3v) is 5.69. The number of benzene rings is 2. The largest absolute Gasteiger partial charge is 0.434 e. The van der Waals surface area contributed by atoms with E-state index in [2.05, 4.69) is 5.10 Å². The maximum atomic E-state index is 14.9. The van der Waals surface area contributed by atoms with Crippen molar-refractivity contribution in [1.29, 1.82) is 0 Å². The van der Waals surface area contributed by atoms with Crippen molar-refractivity contribution in [2.75, 3.05) is 13.1 Å². The van der Waals surface area contributed by atoms with E-state index < -0.39 is 22.9 Å². The number of carbonyl (C=O) groups excluding carboxylic acids is 1. The van der Waals surface area contributed by atoms with Gasteiger partial charge in [0.25, 0.3) is 5.91 Å². The van der Waals surface area contributed by atoms with Crippen molar-refractivity contribution >= 4 is 11.4 Å². The standard InChI is InChI=1S/C25H18F3N3O3/c26-16-4-7-22(19(28)14-16)34-23-8-6-20-24(21(32)9-12-31(20)29-23)17-13-15(3-5-18(17)27)25(33)30-10-1-2-11-30/h3-9,12-14H,1-2,10-11H2. The Labute approximate surface area is 191 Å². The van der Waals surface area contributed by atoms with Gasteiger partial charge in [-0.25, -0.2) is 17.7 Å². The van der Waals surface area contributed by atoms with E-state index >= 15 is 0 Å². The zero-order valence-electron chi connectivity index (χ0n) is 17.8. The van der Waals surface area contributed by atoms with Crippen molar-refractivity contribution in [2.45, 2.75) is 12.8 Å². The molecule has 0 aliphatic carbocycles. The lowest BCUT2D eigenvalue weighted by molar-refractivity contribution is 0.0793. The number of halogens is 3. The second-order valence-electron chi connectivity index (χ2n) is 7.93. The highest BCUT2D eigenvalue weighted by Crippen LogP contribution is 2.28. The molecule has 3 heterocycles. The summed E-state index contributed by atoms with van der Waals surface area (Å²) in [5.41, 5.74) is 0.115. The first kappa shape index (κ1) is 21.7. The van der Waals surface area contributed by atoms with Gasteiger partial charge in [0.05, 0.1) is 11.1 Å². The van der Waals surface area contributed by atoms with Crippen LogP contribution in [0.1, 0.15) is 23.2 Å². The molecule has 2 aromatic carbocycles. The molecule has 5 rings (SSSR count). The van der Waals surface area contributed by atoms with Crippen LogP contribution >= 0.6 is 0 Å². The van der Waals surface area contributed by atoms with Gasteiger partial charge >= 0.3 is 0 Å². The van der Waals surface area contributed by atoms with E-state index in [-0.39, 0.29) is 34.2 Å². The summed E-state index contributed by atoms with van der Waals surface area (Å²) in [5, 5.41) is 4.21. The molecule has 0 N–H and O–H groups in total. The SMILES string of the molecule is O=C(c1ccc(F)c(-c2c(=O)ccn3nc(Oc4ccc(F)cc4F)ccc23)c1)N1CCCC1. The second-order valence-corrected chi connectivity index (χ2v) is 7.93. The maximum Gasteiger partial charge on any atom is 0.253 e. The first-order valence-corrected chi connectivity index (χ1v) is 10.7. The molecule has 0 atom stereocenters. The molecule has 1 aliphatic rings. The zero-order valence-corrected chi connectivity index (χ0v) is 17.8. The Bertz CT molecular complexity index is 1480. The van der Waals surface area contributed by atoms with Gasteiger partial charge in [0.15, 0.2) is 17.0 Å². The lowest BCUT2D eigenvalue weighted by atomic mass is 10.0. The number of fused-ring (bicyclic) bond motifs is 1. The first-order valence-electron chi connectivity index (χ1n) is 10.7. The number of aromatic nitrogens is 2. The summed E-state index contributed by atoms with van der Waals surface area (Å²) in [7, 11) is 0. The minimum atomic E-state index is -0.899. The number of rotatable bonds is 4. The molecule has 0 bridgehead atoms. The molecule has 6 nitrogen and oxygen atoms in total. The van der Waals surface area contributed by atoms with Crippen LogP contribution in [-0.4, -0.2) is 33.5 Å². The molecule has 0 unspecified atom stereocenters. The van der Waals surface area contributed by atoms with Crippen LogP contribution in [0, 0.1) is 17.5 Å². The molecular formula is C25H18F3N3O3. The van der Waals surface area contributed by atoms with Crippen LogP contribution in [0.15, 0.2) is 65.6 Å². The zero-order chi connectivity index (χ0) is 23.8. The number of nitrogens with zero attached hydrogens (tertiary/aromatic N) is 3. The quantitative estimate of drug-likeness (QED) is 0.434. The molecule has 0 radical (unpaired) electrons. The lowest BCUT2D eigenvalue weighted by Crippen LogP contribution is -2.27. The van der Waals surface area contributed by atoms with E-state index in [1.54, 1.807) is 4.90 Å². The highest BCUT2D eigenvalue weighted by Gasteiger charge is 2.22. The summed E-state index contributed by atoms with van der Waals surface area (Å²) >= 11 is 0. The van der Waals surface area contributed by atoms with Gasteiger partial charge in [-0.1, -0.05) is 0 Å². The van der Waals surface area contributed by atoms with E-state index in [0.717, 1.165) is 25.0 Å². The maximum absolute atomic E-state index is 14.9. The predicted octanol–water partition coefficient (Wildman–Crippen LogP) is 4.81. The van der Waals surface area contributed by atoms with Gasteiger partial charge in [0, 0.05) is 48.6 Å². The summed E-state index contributed by atoms with van der Waals surface area (Å²) in [4.78, 5) is 27.3. The van der Waals surface area contributed by atoms with Gasteiger partial charge in [0.2, 0.25) is 5.88 Å². The van der Waals surface area contributed by atoms with E-state index in [4.69, 9.17) is 4.74 Å². The van der Waals surface area contributed by atoms with E-state index in [9.17, 15) is 22.8 Å². The summed E-state index contributed by atoms with van der Waals surface area (Å²) < 4.78 is 48.6. The summed E-state index contributed by atoms with van der Waals surface area (Å²) in [6.07, 6.45) is 3.21. The Morgan fingerprint density at radius 3 is 2.47 bits per heavy atom. The van der Waals surface area contributed by atoms with Crippen molar-refractivity contribution < 1.29 is 22.7 Å². The smallest absolute Gasteiger partial charge is 0.253 e. The summed E-state index contributed by atoms with van der Waals surface area (Å²) in [5.74, 6) is -2.76. The number of amides is 1. The van der Waals surface area contributed by atoms with E-state index in [0.29, 0.717) is 24.7 Å². The van der Waals surface area contributed by atoms with Crippen molar-refractivity contribution in [3.05, 3.63) is 94.0 Å².